The third kappa shape index (κ3) is 3.54. The fourth-order valence-electron chi connectivity index (χ4n) is 2.44. The van der Waals surface area contributed by atoms with Gasteiger partial charge >= 0.3 is 0 Å². The highest BCUT2D eigenvalue weighted by molar-refractivity contribution is 5.95. The molecule has 114 valence electrons. The summed E-state index contributed by atoms with van der Waals surface area (Å²) >= 11 is 0. The Morgan fingerprint density at radius 3 is 2.81 bits per heavy atom. The molecule has 3 N–H and O–H groups in total. The zero-order valence-electron chi connectivity index (χ0n) is 12.9. The molecule has 0 spiro atoms. The number of amides is 2. The van der Waals surface area contributed by atoms with Crippen molar-refractivity contribution >= 4 is 17.5 Å². The predicted molar refractivity (Wildman–Crippen MR) is 83.4 cm³/mol. The summed E-state index contributed by atoms with van der Waals surface area (Å²) in [5.41, 5.74) is 2.31. The maximum atomic E-state index is 12.2. The van der Waals surface area contributed by atoms with Crippen molar-refractivity contribution in [3.63, 3.8) is 0 Å². The minimum Gasteiger partial charge on any atom is -0.385 e. The summed E-state index contributed by atoms with van der Waals surface area (Å²) in [6.45, 7) is 4.91. The topological polar surface area (TPSA) is 70.2 Å². The monoisotopic (exact) mass is 289 g/mol. The number of nitrogens with one attached hydrogen (secondary N) is 3. The Morgan fingerprint density at radius 2 is 2.10 bits per heavy atom. The van der Waals surface area contributed by atoms with E-state index in [1.807, 2.05) is 32.0 Å². The molecule has 0 atom stereocenters. The van der Waals surface area contributed by atoms with E-state index in [2.05, 4.69) is 16.0 Å². The Kier molecular flexibility index (Phi) is 4.50. The molecule has 21 heavy (non-hydrogen) atoms. The third-order valence-electron chi connectivity index (χ3n) is 3.84. The Balaban J connectivity index is 2.02. The average Bonchev–Trinajstić information content (AvgIpc) is 2.51. The standard InChI is InChI=1S/C16H23N3O2/c1-16(2,15(21)17-3)10-19-14(20)12-6-7-13-11(9-12)5-4-8-18-13/h6-7,9,18H,4-5,8,10H2,1-3H3,(H,17,21)(H,19,20). The summed E-state index contributed by atoms with van der Waals surface area (Å²) in [5, 5.41) is 8.78. The van der Waals surface area contributed by atoms with Crippen LogP contribution in [-0.4, -0.2) is 32.0 Å². The zero-order chi connectivity index (χ0) is 15.5. The molecule has 0 aliphatic carbocycles. The van der Waals surface area contributed by atoms with Crippen LogP contribution in [0.25, 0.3) is 0 Å². The predicted octanol–water partition coefficient (Wildman–Crippen LogP) is 1.55. The van der Waals surface area contributed by atoms with Crippen molar-refractivity contribution in [3.8, 4) is 0 Å². The van der Waals surface area contributed by atoms with Gasteiger partial charge in [-0.15, -0.1) is 0 Å². The number of fused-ring (bicyclic) bond motifs is 1. The largest absolute Gasteiger partial charge is 0.385 e. The molecule has 0 bridgehead atoms. The fourth-order valence-corrected chi connectivity index (χ4v) is 2.44. The third-order valence-corrected chi connectivity index (χ3v) is 3.84. The molecule has 2 amide bonds. The molecule has 1 heterocycles. The normalized spacial score (nSPS) is 13.9. The van der Waals surface area contributed by atoms with Crippen molar-refractivity contribution in [3.05, 3.63) is 29.3 Å². The molecule has 1 aliphatic heterocycles. The highest BCUT2D eigenvalue weighted by Crippen LogP contribution is 2.23. The van der Waals surface area contributed by atoms with Crippen molar-refractivity contribution in [2.24, 2.45) is 5.41 Å². The lowest BCUT2D eigenvalue weighted by Gasteiger charge is -2.23. The van der Waals surface area contributed by atoms with Gasteiger partial charge in [-0.1, -0.05) is 0 Å². The summed E-state index contributed by atoms with van der Waals surface area (Å²) in [6.07, 6.45) is 2.08. The Labute approximate surface area is 125 Å². The number of benzene rings is 1. The summed E-state index contributed by atoms with van der Waals surface area (Å²) in [4.78, 5) is 23.9. The second-order valence-corrected chi connectivity index (χ2v) is 6.05. The summed E-state index contributed by atoms with van der Waals surface area (Å²) in [5.74, 6) is -0.224. The number of anilines is 1. The number of aryl methyl sites for hydroxylation is 1. The van der Waals surface area contributed by atoms with Crippen molar-refractivity contribution in [2.45, 2.75) is 26.7 Å². The van der Waals surface area contributed by atoms with Gasteiger partial charge in [-0.05, 0) is 50.5 Å². The minimum atomic E-state index is -0.625. The lowest BCUT2D eigenvalue weighted by Crippen LogP contribution is -2.43. The second kappa shape index (κ2) is 6.16. The van der Waals surface area contributed by atoms with Crippen molar-refractivity contribution < 1.29 is 9.59 Å². The summed E-state index contributed by atoms with van der Waals surface area (Å²) in [7, 11) is 1.60. The van der Waals surface area contributed by atoms with Gasteiger partial charge in [0.25, 0.3) is 5.91 Å². The number of rotatable bonds is 4. The SMILES string of the molecule is CNC(=O)C(C)(C)CNC(=O)c1ccc2c(c1)CCCN2. The number of carbonyl (C=O) groups is 2. The van der Waals surface area contributed by atoms with Crippen molar-refractivity contribution in [1.29, 1.82) is 0 Å². The van der Waals surface area contributed by atoms with Crippen LogP contribution in [0.2, 0.25) is 0 Å². The Bertz CT molecular complexity index is 552. The van der Waals surface area contributed by atoms with Gasteiger partial charge in [0.2, 0.25) is 5.91 Å². The molecule has 2 rings (SSSR count). The fraction of sp³-hybridized carbons (Fsp3) is 0.500. The summed E-state index contributed by atoms with van der Waals surface area (Å²) < 4.78 is 0. The van der Waals surface area contributed by atoms with E-state index in [9.17, 15) is 9.59 Å². The zero-order valence-corrected chi connectivity index (χ0v) is 12.9. The molecule has 0 saturated heterocycles. The smallest absolute Gasteiger partial charge is 0.251 e. The van der Waals surface area contributed by atoms with E-state index in [1.165, 1.54) is 5.56 Å². The van der Waals surface area contributed by atoms with Crippen LogP contribution >= 0.6 is 0 Å². The molecule has 5 heteroatoms. The average molecular weight is 289 g/mol. The van der Waals surface area contributed by atoms with E-state index in [0.717, 1.165) is 25.1 Å². The van der Waals surface area contributed by atoms with Crippen LogP contribution in [0.15, 0.2) is 18.2 Å². The van der Waals surface area contributed by atoms with E-state index >= 15 is 0 Å². The van der Waals surface area contributed by atoms with Gasteiger partial charge in [-0.25, -0.2) is 0 Å². The molecular formula is C16H23N3O2. The van der Waals surface area contributed by atoms with E-state index in [0.29, 0.717) is 12.1 Å². The van der Waals surface area contributed by atoms with Crippen LogP contribution in [0.1, 0.15) is 36.2 Å². The molecule has 0 aromatic heterocycles. The number of carbonyl (C=O) groups excluding carboxylic acids is 2. The highest BCUT2D eigenvalue weighted by atomic mass is 16.2. The van der Waals surface area contributed by atoms with Gasteiger partial charge in [0.05, 0.1) is 5.41 Å². The number of hydrogen-bond acceptors (Lipinski definition) is 3. The van der Waals surface area contributed by atoms with Gasteiger partial charge in [0.15, 0.2) is 0 Å². The van der Waals surface area contributed by atoms with Crippen molar-refractivity contribution in [1.82, 2.24) is 10.6 Å². The Hall–Kier alpha value is -2.04. The van der Waals surface area contributed by atoms with E-state index in [1.54, 1.807) is 7.05 Å². The molecule has 0 saturated carbocycles. The first-order valence-electron chi connectivity index (χ1n) is 7.31. The molecular weight excluding hydrogens is 266 g/mol. The first-order valence-corrected chi connectivity index (χ1v) is 7.31. The maximum absolute atomic E-state index is 12.2. The molecule has 0 radical (unpaired) electrons. The van der Waals surface area contributed by atoms with E-state index in [-0.39, 0.29) is 11.8 Å². The van der Waals surface area contributed by atoms with Crippen LogP contribution in [0.5, 0.6) is 0 Å². The first-order chi connectivity index (χ1) is 9.94. The van der Waals surface area contributed by atoms with Gasteiger partial charge in [0.1, 0.15) is 0 Å². The van der Waals surface area contributed by atoms with Crippen LogP contribution < -0.4 is 16.0 Å². The molecule has 0 unspecified atom stereocenters. The van der Waals surface area contributed by atoms with Gasteiger partial charge in [-0.3, -0.25) is 9.59 Å². The second-order valence-electron chi connectivity index (χ2n) is 6.05. The number of hydrogen-bond donors (Lipinski definition) is 3. The molecule has 1 aromatic rings. The van der Waals surface area contributed by atoms with Crippen LogP contribution in [0.4, 0.5) is 5.69 Å². The lowest BCUT2D eigenvalue weighted by molar-refractivity contribution is -0.128. The minimum absolute atomic E-state index is 0.0857. The highest BCUT2D eigenvalue weighted by Gasteiger charge is 2.27. The molecule has 1 aliphatic rings. The van der Waals surface area contributed by atoms with E-state index < -0.39 is 5.41 Å². The van der Waals surface area contributed by atoms with Gasteiger partial charge in [-0.2, -0.15) is 0 Å². The quantitative estimate of drug-likeness (QED) is 0.787. The van der Waals surface area contributed by atoms with E-state index in [4.69, 9.17) is 0 Å². The lowest BCUT2D eigenvalue weighted by atomic mass is 9.92. The maximum Gasteiger partial charge on any atom is 0.251 e. The Morgan fingerprint density at radius 1 is 1.33 bits per heavy atom. The van der Waals surface area contributed by atoms with Gasteiger partial charge in [0, 0.05) is 31.4 Å². The van der Waals surface area contributed by atoms with Crippen LogP contribution in [0.3, 0.4) is 0 Å². The summed E-state index contributed by atoms with van der Waals surface area (Å²) in [6, 6.07) is 5.70. The molecule has 1 aromatic carbocycles. The molecule has 5 nitrogen and oxygen atoms in total. The first kappa shape index (κ1) is 15.4. The van der Waals surface area contributed by atoms with Crippen molar-refractivity contribution in [2.75, 3.05) is 25.5 Å². The molecule has 0 fully saturated rings. The van der Waals surface area contributed by atoms with Crippen LogP contribution in [0, 0.1) is 5.41 Å². The van der Waals surface area contributed by atoms with Gasteiger partial charge < -0.3 is 16.0 Å². The van der Waals surface area contributed by atoms with Crippen LogP contribution in [-0.2, 0) is 11.2 Å².